The second kappa shape index (κ2) is 7.93. The van der Waals surface area contributed by atoms with E-state index >= 15 is 0 Å². The largest absolute Gasteiger partial charge is 0.342 e. The van der Waals surface area contributed by atoms with Crippen LogP contribution in [0.2, 0.25) is 0 Å². The lowest BCUT2D eigenvalue weighted by Gasteiger charge is -2.22. The lowest BCUT2D eigenvalue weighted by Crippen LogP contribution is -2.38. The lowest BCUT2D eigenvalue weighted by atomic mass is 10.4. The van der Waals surface area contributed by atoms with E-state index in [0.717, 1.165) is 5.69 Å². The molecule has 0 radical (unpaired) electrons. The first-order chi connectivity index (χ1) is 9.51. The minimum Gasteiger partial charge on any atom is -0.342 e. The Morgan fingerprint density at radius 3 is 2.60 bits per heavy atom. The van der Waals surface area contributed by atoms with E-state index in [1.54, 1.807) is 10.3 Å². The molecule has 0 aliphatic heterocycles. The quantitative estimate of drug-likeness (QED) is 0.421. The zero-order chi connectivity index (χ0) is 15.1. The van der Waals surface area contributed by atoms with Gasteiger partial charge in [-0.05, 0) is 20.9 Å². The van der Waals surface area contributed by atoms with Gasteiger partial charge in [0.15, 0.2) is 5.01 Å². The number of likely N-dealkylation sites (N-methyl/N-ethyl adjacent to an activating group) is 2. The van der Waals surface area contributed by atoms with E-state index in [1.165, 1.54) is 11.3 Å². The Balaban J connectivity index is 2.54. The summed E-state index contributed by atoms with van der Waals surface area (Å²) in [5.41, 5.74) is 2.80. The third kappa shape index (κ3) is 4.55. The second-order valence-corrected chi connectivity index (χ2v) is 5.21. The fourth-order valence-corrected chi connectivity index (χ4v) is 2.50. The van der Waals surface area contributed by atoms with Crippen molar-refractivity contribution >= 4 is 23.2 Å². The van der Waals surface area contributed by atoms with Crippen LogP contribution in [0.3, 0.4) is 0 Å². The van der Waals surface area contributed by atoms with Gasteiger partial charge in [-0.15, -0.1) is 11.3 Å². The Morgan fingerprint density at radius 2 is 2.05 bits per heavy atom. The Morgan fingerprint density at radius 1 is 1.40 bits per heavy atom. The number of rotatable bonds is 7. The van der Waals surface area contributed by atoms with Gasteiger partial charge in [-0.3, -0.25) is 19.9 Å². The molecular weight excluding hydrogens is 278 g/mol. The number of nitrogens with two attached hydrogens (primary N) is 1. The van der Waals surface area contributed by atoms with Crippen molar-refractivity contribution in [3.05, 3.63) is 16.1 Å². The van der Waals surface area contributed by atoms with Crippen LogP contribution in [0.15, 0.2) is 5.38 Å². The Kier molecular flexibility index (Phi) is 6.56. The number of nitrogens with zero attached hydrogens (tertiary/aromatic N) is 3. The number of thiazole rings is 1. The van der Waals surface area contributed by atoms with Crippen LogP contribution in [0.4, 0.5) is 0 Å². The van der Waals surface area contributed by atoms with Crippen LogP contribution in [-0.4, -0.2) is 53.3 Å². The van der Waals surface area contributed by atoms with Crippen molar-refractivity contribution in [2.24, 2.45) is 5.84 Å². The maximum atomic E-state index is 12.0. The number of hydrazine groups is 1. The molecule has 2 amide bonds. The summed E-state index contributed by atoms with van der Waals surface area (Å²) in [5.74, 6) is 4.74. The fourth-order valence-electron chi connectivity index (χ4n) is 1.79. The van der Waals surface area contributed by atoms with Crippen LogP contribution >= 0.6 is 11.3 Å². The molecule has 0 aromatic carbocycles. The first kappa shape index (κ1) is 16.5. The summed E-state index contributed by atoms with van der Waals surface area (Å²) in [4.78, 5) is 31.1. The molecule has 1 aromatic rings. The van der Waals surface area contributed by atoms with Crippen LogP contribution in [0, 0.1) is 0 Å². The van der Waals surface area contributed by atoms with Crippen molar-refractivity contribution in [1.82, 2.24) is 20.2 Å². The minimum absolute atomic E-state index is 0.0904. The molecule has 0 fully saturated rings. The number of hydrogen-bond donors (Lipinski definition) is 2. The van der Waals surface area contributed by atoms with E-state index in [4.69, 9.17) is 5.84 Å². The molecule has 1 rings (SSSR count). The standard InChI is InChI=1S/C12H21N5O2S/c1-4-17(5-2)10(18)7-16(3)6-9-8-20-12(14-9)11(19)15-13/h8H,4-7,13H2,1-3H3,(H,15,19). The average molecular weight is 299 g/mol. The highest BCUT2D eigenvalue weighted by Crippen LogP contribution is 2.11. The van der Waals surface area contributed by atoms with Gasteiger partial charge in [-0.1, -0.05) is 0 Å². The van der Waals surface area contributed by atoms with Crippen molar-refractivity contribution in [2.45, 2.75) is 20.4 Å². The zero-order valence-corrected chi connectivity index (χ0v) is 12.9. The molecule has 7 nitrogen and oxygen atoms in total. The molecule has 112 valence electrons. The minimum atomic E-state index is -0.400. The fraction of sp³-hybridized carbons (Fsp3) is 0.583. The van der Waals surface area contributed by atoms with Crippen LogP contribution < -0.4 is 11.3 Å². The maximum absolute atomic E-state index is 12.0. The Hall–Kier alpha value is -1.51. The van der Waals surface area contributed by atoms with Crippen molar-refractivity contribution in [3.8, 4) is 0 Å². The number of carbonyl (C=O) groups excluding carboxylic acids is 2. The lowest BCUT2D eigenvalue weighted by molar-refractivity contribution is -0.131. The van der Waals surface area contributed by atoms with E-state index in [1.807, 2.05) is 31.2 Å². The van der Waals surface area contributed by atoms with Crippen molar-refractivity contribution in [2.75, 3.05) is 26.7 Å². The van der Waals surface area contributed by atoms with Gasteiger partial charge in [0.2, 0.25) is 5.91 Å². The van der Waals surface area contributed by atoms with Gasteiger partial charge in [0.1, 0.15) is 0 Å². The molecule has 0 bridgehead atoms. The molecule has 0 aliphatic carbocycles. The summed E-state index contributed by atoms with van der Waals surface area (Å²) >= 11 is 1.23. The van der Waals surface area contributed by atoms with Crippen LogP contribution in [-0.2, 0) is 11.3 Å². The Bertz CT molecular complexity index is 458. The molecule has 0 aliphatic rings. The normalized spacial score (nSPS) is 10.7. The molecule has 3 N–H and O–H groups in total. The number of aromatic nitrogens is 1. The van der Waals surface area contributed by atoms with E-state index in [2.05, 4.69) is 4.98 Å². The molecule has 0 unspecified atom stereocenters. The Labute approximate surface area is 122 Å². The monoisotopic (exact) mass is 299 g/mol. The maximum Gasteiger partial charge on any atom is 0.294 e. The molecular formula is C12H21N5O2S. The van der Waals surface area contributed by atoms with E-state index in [-0.39, 0.29) is 5.91 Å². The first-order valence-corrected chi connectivity index (χ1v) is 7.31. The topological polar surface area (TPSA) is 91.6 Å². The van der Waals surface area contributed by atoms with Crippen molar-refractivity contribution in [1.29, 1.82) is 0 Å². The molecule has 1 heterocycles. The number of nitrogens with one attached hydrogen (secondary N) is 1. The number of hydrogen-bond acceptors (Lipinski definition) is 6. The third-order valence-electron chi connectivity index (χ3n) is 2.83. The SMILES string of the molecule is CCN(CC)C(=O)CN(C)Cc1csc(C(=O)NN)n1. The summed E-state index contributed by atoms with van der Waals surface area (Å²) in [6.07, 6.45) is 0. The summed E-state index contributed by atoms with van der Waals surface area (Å²) in [7, 11) is 1.85. The number of nitrogen functional groups attached to an aromatic ring is 1. The van der Waals surface area contributed by atoms with Gasteiger partial charge in [0.05, 0.1) is 12.2 Å². The van der Waals surface area contributed by atoms with Crippen LogP contribution in [0.5, 0.6) is 0 Å². The van der Waals surface area contributed by atoms with Gasteiger partial charge in [-0.25, -0.2) is 10.8 Å². The molecule has 0 spiro atoms. The summed E-state index contributed by atoms with van der Waals surface area (Å²) in [5, 5.41) is 2.12. The summed E-state index contributed by atoms with van der Waals surface area (Å²) < 4.78 is 0. The van der Waals surface area contributed by atoms with E-state index in [0.29, 0.717) is 31.2 Å². The van der Waals surface area contributed by atoms with Crippen molar-refractivity contribution in [3.63, 3.8) is 0 Å². The van der Waals surface area contributed by atoms with Gasteiger partial charge < -0.3 is 4.90 Å². The van der Waals surface area contributed by atoms with Gasteiger partial charge >= 0.3 is 0 Å². The predicted molar refractivity (Wildman–Crippen MR) is 78.0 cm³/mol. The smallest absolute Gasteiger partial charge is 0.294 e. The number of amides is 2. The van der Waals surface area contributed by atoms with Gasteiger partial charge in [0, 0.05) is 25.0 Å². The molecule has 8 heteroatoms. The highest BCUT2D eigenvalue weighted by molar-refractivity contribution is 7.11. The average Bonchev–Trinajstić information content (AvgIpc) is 2.87. The number of carbonyl (C=O) groups is 2. The van der Waals surface area contributed by atoms with Gasteiger partial charge in [-0.2, -0.15) is 0 Å². The molecule has 1 aromatic heterocycles. The van der Waals surface area contributed by atoms with Crippen molar-refractivity contribution < 1.29 is 9.59 Å². The third-order valence-corrected chi connectivity index (χ3v) is 3.72. The first-order valence-electron chi connectivity index (χ1n) is 6.43. The van der Waals surface area contributed by atoms with Gasteiger partial charge in [0.25, 0.3) is 5.91 Å². The molecule has 0 atom stereocenters. The molecule has 0 saturated heterocycles. The van der Waals surface area contributed by atoms with E-state index in [9.17, 15) is 9.59 Å². The highest BCUT2D eigenvalue weighted by atomic mass is 32.1. The highest BCUT2D eigenvalue weighted by Gasteiger charge is 2.15. The predicted octanol–water partition coefficient (Wildman–Crippen LogP) is 0.0468. The summed E-state index contributed by atoms with van der Waals surface area (Å²) in [6, 6.07) is 0. The van der Waals surface area contributed by atoms with E-state index < -0.39 is 5.91 Å². The second-order valence-electron chi connectivity index (χ2n) is 4.36. The zero-order valence-electron chi connectivity index (χ0n) is 12.0. The van der Waals surface area contributed by atoms with Crippen LogP contribution in [0.25, 0.3) is 0 Å². The van der Waals surface area contributed by atoms with Crippen LogP contribution in [0.1, 0.15) is 29.3 Å². The molecule has 20 heavy (non-hydrogen) atoms. The molecule has 0 saturated carbocycles. The summed E-state index contributed by atoms with van der Waals surface area (Å²) in [6.45, 7) is 6.18.